The summed E-state index contributed by atoms with van der Waals surface area (Å²) >= 11 is 0. The van der Waals surface area contributed by atoms with Crippen LogP contribution in [0.25, 0.3) is 0 Å². The number of amides is 1. The Hall–Kier alpha value is -3.41. The maximum Gasteiger partial charge on any atom is 0.274 e. The van der Waals surface area contributed by atoms with Crippen molar-refractivity contribution in [2.45, 2.75) is 20.3 Å². The van der Waals surface area contributed by atoms with Gasteiger partial charge in [-0.2, -0.15) is 0 Å². The fourth-order valence-corrected chi connectivity index (χ4v) is 2.82. The first-order chi connectivity index (χ1) is 13.5. The van der Waals surface area contributed by atoms with E-state index in [1.54, 1.807) is 19.4 Å². The molecule has 0 saturated heterocycles. The summed E-state index contributed by atoms with van der Waals surface area (Å²) in [5.74, 6) is 1.01. The van der Waals surface area contributed by atoms with Gasteiger partial charge in [0.2, 0.25) is 5.95 Å². The van der Waals surface area contributed by atoms with E-state index in [1.165, 1.54) is 5.56 Å². The van der Waals surface area contributed by atoms with Crippen LogP contribution in [0.15, 0.2) is 54.7 Å². The van der Waals surface area contributed by atoms with Crippen LogP contribution < -0.4 is 15.4 Å². The van der Waals surface area contributed by atoms with Gasteiger partial charge in [-0.3, -0.25) is 4.79 Å². The van der Waals surface area contributed by atoms with Crippen molar-refractivity contribution in [2.24, 2.45) is 0 Å². The van der Waals surface area contributed by atoms with E-state index < -0.39 is 0 Å². The van der Waals surface area contributed by atoms with Gasteiger partial charge >= 0.3 is 0 Å². The molecule has 144 valence electrons. The second kappa shape index (κ2) is 8.99. The van der Waals surface area contributed by atoms with Crippen LogP contribution in [-0.4, -0.2) is 29.5 Å². The van der Waals surface area contributed by atoms with Crippen molar-refractivity contribution >= 4 is 17.5 Å². The molecule has 0 spiro atoms. The van der Waals surface area contributed by atoms with Gasteiger partial charge in [-0.15, -0.1) is 0 Å². The molecule has 6 nitrogen and oxygen atoms in total. The molecule has 0 fully saturated rings. The largest absolute Gasteiger partial charge is 0.497 e. The quantitative estimate of drug-likeness (QED) is 0.652. The molecule has 2 aromatic carbocycles. The lowest BCUT2D eigenvalue weighted by atomic mass is 10.1. The maximum absolute atomic E-state index is 12.5. The zero-order chi connectivity index (χ0) is 19.9. The Labute approximate surface area is 165 Å². The van der Waals surface area contributed by atoms with E-state index in [-0.39, 0.29) is 5.91 Å². The summed E-state index contributed by atoms with van der Waals surface area (Å²) in [4.78, 5) is 21.0. The third-order valence-corrected chi connectivity index (χ3v) is 4.37. The van der Waals surface area contributed by atoms with Crippen LogP contribution in [0.2, 0.25) is 0 Å². The molecule has 1 aromatic heterocycles. The highest BCUT2D eigenvalue weighted by Gasteiger charge is 2.10. The predicted molar refractivity (Wildman–Crippen MR) is 111 cm³/mol. The second-order valence-electron chi connectivity index (χ2n) is 6.56. The lowest BCUT2D eigenvalue weighted by Crippen LogP contribution is -2.16. The number of aromatic nitrogens is 2. The Morgan fingerprint density at radius 3 is 2.57 bits per heavy atom. The number of nitrogens with one attached hydrogen (secondary N) is 2. The molecule has 0 aliphatic rings. The van der Waals surface area contributed by atoms with E-state index in [1.807, 2.05) is 56.3 Å². The van der Waals surface area contributed by atoms with Crippen molar-refractivity contribution in [3.05, 3.63) is 77.1 Å². The minimum Gasteiger partial charge on any atom is -0.497 e. The molecule has 0 aliphatic heterocycles. The molecule has 3 aromatic rings. The lowest BCUT2D eigenvalue weighted by molar-refractivity contribution is 0.102. The third-order valence-electron chi connectivity index (χ3n) is 4.37. The zero-order valence-electron chi connectivity index (χ0n) is 16.3. The Morgan fingerprint density at radius 2 is 1.86 bits per heavy atom. The molecular weight excluding hydrogens is 352 g/mol. The summed E-state index contributed by atoms with van der Waals surface area (Å²) in [6.45, 7) is 4.65. The molecular formula is C22H24N4O2. The minimum absolute atomic E-state index is 0.257. The number of hydrogen-bond acceptors (Lipinski definition) is 5. The van der Waals surface area contributed by atoms with Crippen molar-refractivity contribution in [1.82, 2.24) is 9.97 Å². The lowest BCUT2D eigenvalue weighted by Gasteiger charge is -2.10. The fraction of sp³-hybridized carbons (Fsp3) is 0.227. The highest BCUT2D eigenvalue weighted by molar-refractivity contribution is 6.03. The first-order valence-corrected chi connectivity index (χ1v) is 9.13. The second-order valence-corrected chi connectivity index (χ2v) is 6.56. The Morgan fingerprint density at radius 1 is 1.07 bits per heavy atom. The number of hydrogen-bond donors (Lipinski definition) is 2. The number of ether oxygens (including phenoxy) is 1. The third kappa shape index (κ3) is 5.07. The molecule has 6 heteroatoms. The highest BCUT2D eigenvalue weighted by Crippen LogP contribution is 2.17. The molecule has 0 bridgehead atoms. The molecule has 1 amide bonds. The number of nitrogens with zero attached hydrogens (tertiary/aromatic N) is 2. The first kappa shape index (κ1) is 19.4. The van der Waals surface area contributed by atoms with Gasteiger partial charge in [0.1, 0.15) is 11.4 Å². The number of carbonyl (C=O) groups excluding carboxylic acids is 1. The highest BCUT2D eigenvalue weighted by atomic mass is 16.5. The van der Waals surface area contributed by atoms with Gasteiger partial charge in [-0.05, 0) is 55.7 Å². The van der Waals surface area contributed by atoms with Gasteiger partial charge < -0.3 is 15.4 Å². The molecule has 0 aliphatic carbocycles. The van der Waals surface area contributed by atoms with Crippen molar-refractivity contribution in [1.29, 1.82) is 0 Å². The van der Waals surface area contributed by atoms with Crippen LogP contribution >= 0.6 is 0 Å². The number of rotatable bonds is 7. The first-order valence-electron chi connectivity index (χ1n) is 9.13. The molecule has 0 atom stereocenters. The summed E-state index contributed by atoms with van der Waals surface area (Å²) < 4.78 is 5.16. The van der Waals surface area contributed by atoms with Crippen molar-refractivity contribution in [3.8, 4) is 5.75 Å². The van der Waals surface area contributed by atoms with E-state index >= 15 is 0 Å². The summed E-state index contributed by atoms with van der Waals surface area (Å²) in [6, 6.07) is 15.4. The van der Waals surface area contributed by atoms with E-state index in [4.69, 9.17) is 4.74 Å². The normalized spacial score (nSPS) is 10.4. The van der Waals surface area contributed by atoms with E-state index in [0.29, 0.717) is 18.2 Å². The Bertz CT molecular complexity index is 955. The molecule has 3 rings (SSSR count). The van der Waals surface area contributed by atoms with Crippen LogP contribution in [0.4, 0.5) is 11.6 Å². The molecule has 28 heavy (non-hydrogen) atoms. The van der Waals surface area contributed by atoms with Gasteiger partial charge in [-0.25, -0.2) is 9.97 Å². The fourth-order valence-electron chi connectivity index (χ4n) is 2.82. The van der Waals surface area contributed by atoms with Gasteiger partial charge in [0.15, 0.2) is 0 Å². The van der Waals surface area contributed by atoms with Gasteiger partial charge in [0, 0.05) is 18.4 Å². The van der Waals surface area contributed by atoms with Crippen LogP contribution in [0.5, 0.6) is 5.75 Å². The summed E-state index contributed by atoms with van der Waals surface area (Å²) in [6.07, 6.45) is 2.39. The topological polar surface area (TPSA) is 76.1 Å². The number of aryl methyl sites for hydroxylation is 2. The summed E-state index contributed by atoms with van der Waals surface area (Å²) in [5.41, 5.74) is 4.45. The van der Waals surface area contributed by atoms with Crippen LogP contribution in [0.1, 0.15) is 27.2 Å². The van der Waals surface area contributed by atoms with Crippen LogP contribution in [-0.2, 0) is 6.42 Å². The monoisotopic (exact) mass is 376 g/mol. The SMILES string of the molecule is COc1ccc(CCNc2nccc(C(=O)Nc3ccc(C)cc3C)n2)cc1. The predicted octanol–water partition coefficient (Wildman–Crippen LogP) is 4.01. The summed E-state index contributed by atoms with van der Waals surface area (Å²) in [7, 11) is 1.65. The number of anilines is 2. The maximum atomic E-state index is 12.5. The number of carbonyl (C=O) groups is 1. The minimum atomic E-state index is -0.257. The van der Waals surface area contributed by atoms with Gasteiger partial charge in [0.25, 0.3) is 5.91 Å². The summed E-state index contributed by atoms with van der Waals surface area (Å²) in [5, 5.41) is 6.07. The van der Waals surface area contributed by atoms with Crippen LogP contribution in [0, 0.1) is 13.8 Å². The van der Waals surface area contributed by atoms with Crippen molar-refractivity contribution in [3.63, 3.8) is 0 Å². The van der Waals surface area contributed by atoms with E-state index in [2.05, 4.69) is 20.6 Å². The van der Waals surface area contributed by atoms with Gasteiger partial charge in [0.05, 0.1) is 7.11 Å². The number of methoxy groups -OCH3 is 1. The van der Waals surface area contributed by atoms with Crippen molar-refractivity contribution in [2.75, 3.05) is 24.3 Å². The molecule has 2 N–H and O–H groups in total. The molecule has 0 unspecified atom stereocenters. The molecule has 0 radical (unpaired) electrons. The molecule has 1 heterocycles. The number of benzene rings is 2. The van der Waals surface area contributed by atoms with Crippen molar-refractivity contribution < 1.29 is 9.53 Å². The average Bonchev–Trinajstić information content (AvgIpc) is 2.71. The van der Waals surface area contributed by atoms with Gasteiger partial charge in [-0.1, -0.05) is 29.8 Å². The smallest absolute Gasteiger partial charge is 0.274 e. The van der Waals surface area contributed by atoms with Crippen LogP contribution in [0.3, 0.4) is 0 Å². The Kier molecular flexibility index (Phi) is 6.22. The van der Waals surface area contributed by atoms with E-state index in [9.17, 15) is 4.79 Å². The average molecular weight is 376 g/mol. The Balaban J connectivity index is 1.58. The van der Waals surface area contributed by atoms with E-state index in [0.717, 1.165) is 29.0 Å². The zero-order valence-corrected chi connectivity index (χ0v) is 16.3. The standard InChI is InChI=1S/C22H24N4O2/c1-15-4-9-19(16(2)14-15)25-21(27)20-11-13-24-22(26-20)23-12-10-17-5-7-18(28-3)8-6-17/h4-9,11,13-14H,10,12H2,1-3H3,(H,25,27)(H,23,24,26). The molecule has 0 saturated carbocycles.